The highest BCUT2D eigenvalue weighted by atomic mass is 32.1. The summed E-state index contributed by atoms with van der Waals surface area (Å²) in [6.45, 7) is 4.85. The lowest BCUT2D eigenvalue weighted by Gasteiger charge is -2.36. The number of nitriles is 1. The highest BCUT2D eigenvalue weighted by Crippen LogP contribution is 2.25. The van der Waals surface area contributed by atoms with E-state index in [1.165, 1.54) is 0 Å². The number of aromatic amines is 1. The minimum atomic E-state index is -0.325. The normalized spacial score (nSPS) is 17.2. The molecule has 0 amide bonds. The number of hydrogen-bond acceptors (Lipinski definition) is 10. The Kier molecular flexibility index (Phi) is 5.41. The Morgan fingerprint density at radius 3 is 2.67 bits per heavy atom. The Labute approximate surface area is 209 Å². The fraction of sp³-hybridized carbons (Fsp3) is 0.333. The van der Waals surface area contributed by atoms with Gasteiger partial charge in [-0.1, -0.05) is 11.3 Å². The smallest absolute Gasteiger partial charge is 0.307 e. The molecule has 6 rings (SSSR count). The lowest BCUT2D eigenvalue weighted by Crippen LogP contribution is -2.48. The van der Waals surface area contributed by atoms with E-state index in [2.05, 4.69) is 30.9 Å². The fourth-order valence-electron chi connectivity index (χ4n) is 4.44. The summed E-state index contributed by atoms with van der Waals surface area (Å²) in [7, 11) is 0. The van der Waals surface area contributed by atoms with Gasteiger partial charge in [0.2, 0.25) is 5.88 Å². The minimum absolute atomic E-state index is 0.165. The van der Waals surface area contributed by atoms with E-state index in [-0.39, 0.29) is 10.8 Å². The van der Waals surface area contributed by atoms with Crippen LogP contribution in [0.4, 0.5) is 11.6 Å². The zero-order valence-corrected chi connectivity index (χ0v) is 20.4. The van der Waals surface area contributed by atoms with Gasteiger partial charge in [0.1, 0.15) is 17.7 Å². The first-order valence-electron chi connectivity index (χ1n) is 11.7. The number of rotatable bonds is 4. The number of anilines is 2. The van der Waals surface area contributed by atoms with Crippen LogP contribution in [-0.4, -0.2) is 61.9 Å². The average molecular weight is 502 g/mol. The van der Waals surface area contributed by atoms with Gasteiger partial charge in [0.25, 0.3) is 0 Å². The third kappa shape index (κ3) is 3.97. The van der Waals surface area contributed by atoms with E-state index in [4.69, 9.17) is 9.98 Å². The van der Waals surface area contributed by atoms with Crippen LogP contribution in [-0.2, 0) is 0 Å². The highest BCUT2D eigenvalue weighted by molar-refractivity contribution is 7.10. The second-order valence-electron chi connectivity index (χ2n) is 8.91. The number of nitrogens with one attached hydrogen (secondary N) is 1. The molecular weight excluding hydrogens is 478 g/mol. The Hall–Kier alpha value is -4.24. The predicted molar refractivity (Wildman–Crippen MR) is 135 cm³/mol. The molecule has 2 fully saturated rings. The second-order valence-corrected chi connectivity index (χ2v) is 9.93. The number of pyridine rings is 1. The molecule has 1 saturated carbocycles. The number of aromatic hydroxyl groups is 1. The molecule has 1 aliphatic heterocycles. The lowest BCUT2D eigenvalue weighted by molar-refractivity contribution is 0.455. The molecule has 12 heteroatoms. The number of fused-ring (bicyclic) bond motifs is 1. The summed E-state index contributed by atoms with van der Waals surface area (Å²) in [6.07, 6.45) is 7.24. The van der Waals surface area contributed by atoms with Crippen molar-refractivity contribution < 1.29 is 5.11 Å². The number of nitrogens with zero attached hydrogens (tertiary/aromatic N) is 8. The van der Waals surface area contributed by atoms with Crippen LogP contribution in [0.5, 0.6) is 5.88 Å². The van der Waals surface area contributed by atoms with Gasteiger partial charge in [0.05, 0.1) is 22.7 Å². The van der Waals surface area contributed by atoms with Crippen LogP contribution in [0, 0.1) is 18.3 Å². The number of hydrogen-bond donors (Lipinski definition) is 2. The largest absolute Gasteiger partial charge is 0.493 e. The van der Waals surface area contributed by atoms with Crippen molar-refractivity contribution in [1.29, 1.82) is 5.26 Å². The van der Waals surface area contributed by atoms with Crippen LogP contribution >= 0.6 is 11.3 Å². The third-order valence-corrected chi connectivity index (χ3v) is 7.25. The van der Waals surface area contributed by atoms with Crippen molar-refractivity contribution in [3.63, 3.8) is 0 Å². The average Bonchev–Trinajstić information content (AvgIpc) is 3.54. The molecule has 2 N–H and O–H groups in total. The molecule has 1 aliphatic carbocycles. The van der Waals surface area contributed by atoms with Crippen LogP contribution in [0.15, 0.2) is 34.3 Å². The predicted octanol–water partition coefficient (Wildman–Crippen LogP) is 0.697. The van der Waals surface area contributed by atoms with Crippen LogP contribution in [0.2, 0.25) is 0 Å². The summed E-state index contributed by atoms with van der Waals surface area (Å²) >= 11 is 0.933. The minimum Gasteiger partial charge on any atom is -0.493 e. The van der Waals surface area contributed by atoms with E-state index in [9.17, 15) is 15.2 Å². The number of thiazole rings is 1. The summed E-state index contributed by atoms with van der Waals surface area (Å²) in [5.74, 6) is 1.38. The van der Waals surface area contributed by atoms with E-state index in [0.29, 0.717) is 59.3 Å². The van der Waals surface area contributed by atoms with E-state index in [1.807, 2.05) is 6.92 Å². The molecule has 4 aromatic rings. The van der Waals surface area contributed by atoms with E-state index < -0.39 is 0 Å². The number of aromatic nitrogens is 5. The molecule has 36 heavy (non-hydrogen) atoms. The first-order chi connectivity index (χ1) is 17.5. The van der Waals surface area contributed by atoms with Gasteiger partial charge in [-0.25, -0.2) is 9.97 Å². The highest BCUT2D eigenvalue weighted by Gasteiger charge is 2.25. The lowest BCUT2D eigenvalue weighted by atomic mass is 10.2. The van der Waals surface area contributed by atoms with Crippen LogP contribution < -0.4 is 25.4 Å². The van der Waals surface area contributed by atoms with E-state index >= 15 is 0 Å². The maximum absolute atomic E-state index is 11.7. The van der Waals surface area contributed by atoms with Crippen molar-refractivity contribution in [2.45, 2.75) is 25.8 Å². The van der Waals surface area contributed by atoms with Crippen molar-refractivity contribution in [2.24, 2.45) is 4.99 Å². The molecule has 0 unspecified atom stereocenters. The second kappa shape index (κ2) is 8.76. The molecule has 182 valence electrons. The van der Waals surface area contributed by atoms with E-state index in [1.54, 1.807) is 35.1 Å². The molecule has 2 aliphatic rings. The van der Waals surface area contributed by atoms with Gasteiger partial charge in [0, 0.05) is 43.2 Å². The van der Waals surface area contributed by atoms with Gasteiger partial charge in [-0.2, -0.15) is 14.9 Å². The zero-order valence-electron chi connectivity index (χ0n) is 19.5. The maximum atomic E-state index is 11.7. The van der Waals surface area contributed by atoms with Gasteiger partial charge in [0.15, 0.2) is 11.1 Å². The first kappa shape index (κ1) is 22.2. The molecule has 0 atom stereocenters. The quantitative estimate of drug-likeness (QED) is 0.417. The fourth-order valence-corrected chi connectivity index (χ4v) is 5.12. The Morgan fingerprint density at radius 1 is 1.25 bits per heavy atom. The van der Waals surface area contributed by atoms with E-state index in [0.717, 1.165) is 41.0 Å². The molecule has 5 heterocycles. The molecule has 0 bridgehead atoms. The van der Waals surface area contributed by atoms with Crippen LogP contribution in [0.1, 0.15) is 28.8 Å². The number of H-pyrrole nitrogens is 1. The van der Waals surface area contributed by atoms with Crippen LogP contribution in [0.25, 0.3) is 11.7 Å². The number of piperazine rings is 1. The summed E-state index contributed by atoms with van der Waals surface area (Å²) in [4.78, 5) is 32.9. The third-order valence-electron chi connectivity index (χ3n) is 6.44. The summed E-state index contributed by atoms with van der Waals surface area (Å²) < 4.78 is 1.75. The van der Waals surface area contributed by atoms with Gasteiger partial charge in [-0.3, -0.25) is 14.8 Å². The standard InChI is InChI=1S/C24H23N9O2S/c1-14-19(31-7-9-32(10-8-31)21-15(12-25)3-2-6-26-21)29-22-16(11-18-23(34)30-24(35)36-18)13-27-33(22)20(14)28-17-4-5-17/h2-3,6,11,13,17,34H,4-5,7-10H2,1H3,(H,30,35)/b16-11-,28-20?. The molecular formula is C24H23N9O2S. The topological polar surface area (TPSA) is 139 Å². The monoisotopic (exact) mass is 501 g/mol. The Morgan fingerprint density at radius 2 is 2.00 bits per heavy atom. The molecule has 1 saturated heterocycles. The molecule has 0 aromatic carbocycles. The SMILES string of the molecule is Cc1c(N2CCN(c3ncccc3C#N)CC2)nc2/c(=C\c3sc(=O)[nH]c3O)cnn2c1=NC1CC1. The summed E-state index contributed by atoms with van der Waals surface area (Å²) in [6, 6.07) is 6.09. The van der Waals surface area contributed by atoms with Gasteiger partial charge in [-0.15, -0.1) is 0 Å². The van der Waals surface area contributed by atoms with Crippen molar-refractivity contribution in [3.05, 3.63) is 60.9 Å². The van der Waals surface area contributed by atoms with Crippen molar-refractivity contribution in [3.8, 4) is 11.9 Å². The Balaban J connectivity index is 1.41. The van der Waals surface area contributed by atoms with Gasteiger partial charge >= 0.3 is 4.87 Å². The molecule has 0 radical (unpaired) electrons. The van der Waals surface area contributed by atoms with Crippen molar-refractivity contribution in [1.82, 2.24) is 24.6 Å². The summed E-state index contributed by atoms with van der Waals surface area (Å²) in [5.41, 5.74) is 2.93. The van der Waals surface area contributed by atoms with Crippen LogP contribution in [0.3, 0.4) is 0 Å². The molecule has 0 spiro atoms. The van der Waals surface area contributed by atoms with Gasteiger partial charge < -0.3 is 14.9 Å². The molecule has 11 nitrogen and oxygen atoms in total. The van der Waals surface area contributed by atoms with Crippen molar-refractivity contribution in [2.75, 3.05) is 36.0 Å². The zero-order chi connectivity index (χ0) is 24.8. The Bertz CT molecular complexity index is 1690. The van der Waals surface area contributed by atoms with Gasteiger partial charge in [-0.05, 0) is 38.0 Å². The first-order valence-corrected chi connectivity index (χ1v) is 12.5. The summed E-state index contributed by atoms with van der Waals surface area (Å²) in [5, 5.41) is 24.8. The van der Waals surface area contributed by atoms with Crippen molar-refractivity contribution >= 4 is 34.7 Å². The maximum Gasteiger partial charge on any atom is 0.307 e. The molecule has 4 aromatic heterocycles.